The van der Waals surface area contributed by atoms with Gasteiger partial charge < -0.3 is 15.0 Å². The Labute approximate surface area is 82.2 Å². The van der Waals surface area contributed by atoms with Gasteiger partial charge in [0.15, 0.2) is 0 Å². The summed E-state index contributed by atoms with van der Waals surface area (Å²) in [6, 6.07) is 0. The van der Waals surface area contributed by atoms with Crippen LogP contribution in [0.25, 0.3) is 0 Å². The molecule has 1 aromatic heterocycles. The molecular formula is C9H14N2O3. The summed E-state index contributed by atoms with van der Waals surface area (Å²) in [4.78, 5) is 11.5. The lowest BCUT2D eigenvalue weighted by atomic mass is 10.2. The summed E-state index contributed by atoms with van der Waals surface area (Å²) >= 11 is 0. The maximum atomic E-state index is 11.5. The minimum Gasteiger partial charge on any atom is -0.456 e. The van der Waals surface area contributed by atoms with Crippen molar-refractivity contribution in [2.45, 2.75) is 32.9 Å². The molecule has 0 radical (unpaired) electrons. The Balaban J connectivity index is 2.80. The van der Waals surface area contributed by atoms with Crippen LogP contribution < -0.4 is 5.73 Å². The molecule has 5 heteroatoms. The summed E-state index contributed by atoms with van der Waals surface area (Å²) in [6.45, 7) is 5.53. The van der Waals surface area contributed by atoms with Crippen LogP contribution in [0.15, 0.2) is 10.8 Å². The van der Waals surface area contributed by atoms with Crippen LogP contribution in [0.4, 0.5) is 0 Å². The summed E-state index contributed by atoms with van der Waals surface area (Å²) in [5.41, 5.74) is 5.55. The van der Waals surface area contributed by atoms with Gasteiger partial charge in [0.1, 0.15) is 23.1 Å². The van der Waals surface area contributed by atoms with E-state index in [0.717, 1.165) is 0 Å². The molecule has 1 aromatic rings. The van der Waals surface area contributed by atoms with Crippen LogP contribution in [0.3, 0.4) is 0 Å². The van der Waals surface area contributed by atoms with Gasteiger partial charge in [-0.25, -0.2) is 4.79 Å². The number of aromatic nitrogens is 1. The summed E-state index contributed by atoms with van der Waals surface area (Å²) in [7, 11) is 0. The number of nitrogens with two attached hydrogens (primary N) is 1. The number of nitrogens with zero attached hydrogens (tertiary/aromatic N) is 1. The maximum absolute atomic E-state index is 11.5. The lowest BCUT2D eigenvalue weighted by molar-refractivity contribution is 0.00678. The largest absolute Gasteiger partial charge is 0.456 e. The molecule has 0 saturated heterocycles. The van der Waals surface area contributed by atoms with Gasteiger partial charge in [-0.05, 0) is 20.8 Å². The molecule has 0 atom stereocenters. The minimum absolute atomic E-state index is 0.158. The third-order valence-corrected chi connectivity index (χ3v) is 1.46. The molecule has 1 heterocycles. The molecule has 5 nitrogen and oxygen atoms in total. The molecule has 0 aliphatic carbocycles. The molecule has 0 bridgehead atoms. The van der Waals surface area contributed by atoms with Crippen molar-refractivity contribution in [3.8, 4) is 0 Å². The molecule has 0 fully saturated rings. The van der Waals surface area contributed by atoms with Crippen LogP contribution in [-0.2, 0) is 11.3 Å². The molecule has 14 heavy (non-hydrogen) atoms. The first-order chi connectivity index (χ1) is 6.44. The molecule has 0 aliphatic rings. The normalized spacial score (nSPS) is 11.4. The van der Waals surface area contributed by atoms with E-state index in [1.807, 2.05) is 0 Å². The third kappa shape index (κ3) is 2.56. The molecule has 0 unspecified atom stereocenters. The predicted molar refractivity (Wildman–Crippen MR) is 49.6 cm³/mol. The van der Waals surface area contributed by atoms with E-state index in [1.165, 1.54) is 6.26 Å². The summed E-state index contributed by atoms with van der Waals surface area (Å²) in [5, 5.41) is 3.58. The van der Waals surface area contributed by atoms with E-state index in [4.69, 9.17) is 10.5 Å². The average Bonchev–Trinajstić information content (AvgIpc) is 2.47. The highest BCUT2D eigenvalue weighted by Gasteiger charge is 2.22. The Morgan fingerprint density at radius 3 is 2.79 bits per heavy atom. The van der Waals surface area contributed by atoms with E-state index < -0.39 is 11.6 Å². The Kier molecular flexibility index (Phi) is 2.90. The summed E-state index contributed by atoms with van der Waals surface area (Å²) in [5.74, 6) is -0.459. The fourth-order valence-electron chi connectivity index (χ4n) is 0.906. The zero-order chi connectivity index (χ0) is 10.8. The second kappa shape index (κ2) is 3.79. The second-order valence-corrected chi connectivity index (χ2v) is 3.88. The monoisotopic (exact) mass is 198 g/mol. The predicted octanol–water partition coefficient (Wildman–Crippen LogP) is 1.09. The van der Waals surface area contributed by atoms with Crippen LogP contribution in [0.5, 0.6) is 0 Å². The van der Waals surface area contributed by atoms with Crippen molar-refractivity contribution >= 4 is 5.97 Å². The maximum Gasteiger partial charge on any atom is 0.343 e. The number of ether oxygens (including phenoxy) is 1. The molecule has 1 rings (SSSR count). The van der Waals surface area contributed by atoms with E-state index in [9.17, 15) is 4.79 Å². The lowest BCUT2D eigenvalue weighted by Gasteiger charge is -2.18. The quantitative estimate of drug-likeness (QED) is 0.719. The first-order valence-electron chi connectivity index (χ1n) is 4.30. The number of hydrogen-bond acceptors (Lipinski definition) is 5. The topological polar surface area (TPSA) is 78.3 Å². The van der Waals surface area contributed by atoms with Gasteiger partial charge in [-0.1, -0.05) is 5.16 Å². The van der Waals surface area contributed by atoms with Crippen molar-refractivity contribution < 1.29 is 14.1 Å². The minimum atomic E-state index is -0.528. The Morgan fingerprint density at radius 2 is 2.29 bits per heavy atom. The Bertz CT molecular complexity index is 325. The van der Waals surface area contributed by atoms with E-state index >= 15 is 0 Å². The molecular weight excluding hydrogens is 184 g/mol. The molecule has 0 spiro atoms. The van der Waals surface area contributed by atoms with Gasteiger partial charge in [0.25, 0.3) is 0 Å². The van der Waals surface area contributed by atoms with Gasteiger partial charge in [0, 0.05) is 6.54 Å². The zero-order valence-corrected chi connectivity index (χ0v) is 8.53. The highest BCUT2D eigenvalue weighted by atomic mass is 16.6. The van der Waals surface area contributed by atoms with Gasteiger partial charge in [-0.15, -0.1) is 0 Å². The summed E-state index contributed by atoms with van der Waals surface area (Å²) in [6.07, 6.45) is 1.25. The van der Waals surface area contributed by atoms with Crippen LogP contribution in [-0.4, -0.2) is 16.7 Å². The number of hydrogen-bond donors (Lipinski definition) is 1. The molecule has 0 aromatic carbocycles. The molecule has 0 saturated carbocycles. The molecule has 0 amide bonds. The van der Waals surface area contributed by atoms with E-state index in [0.29, 0.717) is 11.3 Å². The van der Waals surface area contributed by atoms with E-state index in [-0.39, 0.29) is 6.54 Å². The van der Waals surface area contributed by atoms with Crippen molar-refractivity contribution in [3.05, 3.63) is 17.5 Å². The molecule has 2 N–H and O–H groups in total. The SMILES string of the molecule is CC(C)(C)OC(=O)c1conc1CN. The lowest BCUT2D eigenvalue weighted by Crippen LogP contribution is -2.24. The summed E-state index contributed by atoms with van der Waals surface area (Å²) < 4.78 is 9.77. The highest BCUT2D eigenvalue weighted by Crippen LogP contribution is 2.14. The zero-order valence-electron chi connectivity index (χ0n) is 8.53. The smallest absolute Gasteiger partial charge is 0.343 e. The van der Waals surface area contributed by atoms with Gasteiger partial charge >= 0.3 is 5.97 Å². The van der Waals surface area contributed by atoms with Crippen molar-refractivity contribution in [1.82, 2.24) is 5.16 Å². The first-order valence-corrected chi connectivity index (χ1v) is 4.30. The fraction of sp³-hybridized carbons (Fsp3) is 0.556. The number of rotatable bonds is 2. The van der Waals surface area contributed by atoms with Crippen molar-refractivity contribution in [2.24, 2.45) is 5.73 Å². The first kappa shape index (κ1) is 10.7. The van der Waals surface area contributed by atoms with Crippen LogP contribution >= 0.6 is 0 Å². The van der Waals surface area contributed by atoms with Crippen molar-refractivity contribution in [1.29, 1.82) is 0 Å². The van der Waals surface area contributed by atoms with Crippen molar-refractivity contribution in [2.75, 3.05) is 0 Å². The average molecular weight is 198 g/mol. The highest BCUT2D eigenvalue weighted by molar-refractivity contribution is 5.90. The van der Waals surface area contributed by atoms with E-state index in [2.05, 4.69) is 9.68 Å². The van der Waals surface area contributed by atoms with Gasteiger partial charge in [0.05, 0.1) is 0 Å². The number of esters is 1. The van der Waals surface area contributed by atoms with Gasteiger partial charge in [-0.2, -0.15) is 0 Å². The van der Waals surface area contributed by atoms with Crippen LogP contribution in [0.1, 0.15) is 36.8 Å². The van der Waals surface area contributed by atoms with Crippen molar-refractivity contribution in [3.63, 3.8) is 0 Å². The standard InChI is InChI=1S/C9H14N2O3/c1-9(2,3)14-8(12)6-5-13-11-7(6)4-10/h5H,4,10H2,1-3H3. The number of carbonyl (C=O) groups is 1. The Morgan fingerprint density at radius 1 is 1.64 bits per heavy atom. The molecule has 0 aliphatic heterocycles. The van der Waals surface area contributed by atoms with E-state index in [1.54, 1.807) is 20.8 Å². The fourth-order valence-corrected chi connectivity index (χ4v) is 0.906. The molecule has 78 valence electrons. The second-order valence-electron chi connectivity index (χ2n) is 3.88. The van der Waals surface area contributed by atoms with Gasteiger partial charge in [0.2, 0.25) is 0 Å². The van der Waals surface area contributed by atoms with Crippen LogP contribution in [0.2, 0.25) is 0 Å². The number of carbonyl (C=O) groups excluding carboxylic acids is 1. The van der Waals surface area contributed by atoms with Gasteiger partial charge in [-0.3, -0.25) is 0 Å². The Hall–Kier alpha value is -1.36. The van der Waals surface area contributed by atoms with Crippen LogP contribution in [0, 0.1) is 0 Å². The third-order valence-electron chi connectivity index (χ3n) is 1.46.